The Kier molecular flexibility index (Phi) is 4.48. The first-order valence-electron chi connectivity index (χ1n) is 5.70. The van der Waals surface area contributed by atoms with Gasteiger partial charge in [0.15, 0.2) is 0 Å². The van der Waals surface area contributed by atoms with E-state index < -0.39 is 5.60 Å². The van der Waals surface area contributed by atoms with Crippen molar-refractivity contribution >= 4 is 0 Å². The van der Waals surface area contributed by atoms with Crippen LogP contribution in [0, 0.1) is 5.82 Å². The number of aliphatic hydroxyl groups is 1. The number of hydrogen-bond donors (Lipinski definition) is 2. The largest absolute Gasteiger partial charge is 0.493 e. The Bertz CT molecular complexity index is 372. The van der Waals surface area contributed by atoms with Crippen LogP contribution in [0.3, 0.4) is 0 Å². The molecule has 0 aliphatic heterocycles. The molecule has 1 aromatic carbocycles. The molecule has 0 radical (unpaired) electrons. The first-order chi connectivity index (χ1) is 7.79. The van der Waals surface area contributed by atoms with Crippen molar-refractivity contribution in [1.29, 1.82) is 0 Å². The van der Waals surface area contributed by atoms with Crippen LogP contribution < -0.4 is 10.5 Å². The molecule has 1 aromatic rings. The Morgan fingerprint density at radius 3 is 2.65 bits per heavy atom. The van der Waals surface area contributed by atoms with Gasteiger partial charge in [-0.15, -0.1) is 0 Å². The number of rotatable bonds is 5. The van der Waals surface area contributed by atoms with Crippen molar-refractivity contribution in [3.05, 3.63) is 29.6 Å². The van der Waals surface area contributed by atoms with Crippen LogP contribution in [0.25, 0.3) is 0 Å². The molecule has 0 aromatic heterocycles. The number of nitrogens with two attached hydrogens (primary N) is 1. The molecule has 4 heteroatoms. The van der Waals surface area contributed by atoms with Crippen molar-refractivity contribution in [2.24, 2.45) is 5.73 Å². The van der Waals surface area contributed by atoms with Gasteiger partial charge < -0.3 is 15.6 Å². The second kappa shape index (κ2) is 5.47. The third-order valence-corrected chi connectivity index (χ3v) is 2.43. The summed E-state index contributed by atoms with van der Waals surface area (Å²) in [5, 5.41) is 9.55. The van der Waals surface area contributed by atoms with E-state index in [1.54, 1.807) is 26.8 Å². The van der Waals surface area contributed by atoms with Crippen molar-refractivity contribution < 1.29 is 14.2 Å². The second-order valence-electron chi connectivity index (χ2n) is 4.88. The average Bonchev–Trinajstić information content (AvgIpc) is 2.18. The summed E-state index contributed by atoms with van der Waals surface area (Å²) in [4.78, 5) is 0. The van der Waals surface area contributed by atoms with Crippen LogP contribution in [-0.2, 0) is 0 Å². The summed E-state index contributed by atoms with van der Waals surface area (Å²) in [7, 11) is 0. The Hall–Kier alpha value is -1.13. The van der Waals surface area contributed by atoms with Gasteiger partial charge in [0.2, 0.25) is 0 Å². The summed E-state index contributed by atoms with van der Waals surface area (Å²) < 4.78 is 18.6. The lowest BCUT2D eigenvalue weighted by atomic mass is 10.1. The summed E-state index contributed by atoms with van der Waals surface area (Å²) >= 11 is 0. The predicted octanol–water partition coefficient (Wildman–Crippen LogP) is 2.39. The molecule has 0 saturated carbocycles. The molecule has 1 rings (SSSR count). The van der Waals surface area contributed by atoms with E-state index in [0.29, 0.717) is 24.3 Å². The highest BCUT2D eigenvalue weighted by Gasteiger charge is 2.14. The van der Waals surface area contributed by atoms with Crippen molar-refractivity contribution in [2.75, 3.05) is 6.61 Å². The summed E-state index contributed by atoms with van der Waals surface area (Å²) in [6, 6.07) is 4.00. The SMILES string of the molecule is C[C@H](N)c1cc(F)ccc1OCCC(C)(C)O. The zero-order chi connectivity index (χ0) is 13.1. The van der Waals surface area contributed by atoms with Crippen LogP contribution in [-0.4, -0.2) is 17.3 Å². The van der Waals surface area contributed by atoms with Gasteiger partial charge in [0.1, 0.15) is 11.6 Å². The maximum atomic E-state index is 13.1. The van der Waals surface area contributed by atoms with Crippen molar-refractivity contribution in [1.82, 2.24) is 0 Å². The van der Waals surface area contributed by atoms with Gasteiger partial charge in [-0.3, -0.25) is 0 Å². The first-order valence-corrected chi connectivity index (χ1v) is 5.70. The highest BCUT2D eigenvalue weighted by Crippen LogP contribution is 2.25. The molecule has 1 atom stereocenters. The Balaban J connectivity index is 2.70. The fraction of sp³-hybridized carbons (Fsp3) is 0.538. The quantitative estimate of drug-likeness (QED) is 0.832. The van der Waals surface area contributed by atoms with Gasteiger partial charge in [-0.1, -0.05) is 0 Å². The normalized spacial score (nSPS) is 13.5. The fourth-order valence-corrected chi connectivity index (χ4v) is 1.42. The molecule has 0 amide bonds. The molecule has 0 unspecified atom stereocenters. The Morgan fingerprint density at radius 2 is 2.12 bits per heavy atom. The molecule has 0 spiro atoms. The second-order valence-corrected chi connectivity index (χ2v) is 4.88. The van der Waals surface area contributed by atoms with Gasteiger partial charge >= 0.3 is 0 Å². The summed E-state index contributed by atoms with van der Waals surface area (Å²) in [6.45, 7) is 5.58. The van der Waals surface area contributed by atoms with E-state index in [4.69, 9.17) is 10.5 Å². The molecular weight excluding hydrogens is 221 g/mol. The highest BCUT2D eigenvalue weighted by molar-refractivity contribution is 5.36. The average molecular weight is 241 g/mol. The minimum absolute atomic E-state index is 0.289. The zero-order valence-corrected chi connectivity index (χ0v) is 10.5. The molecule has 3 N–H and O–H groups in total. The van der Waals surface area contributed by atoms with E-state index in [9.17, 15) is 9.50 Å². The van der Waals surface area contributed by atoms with E-state index >= 15 is 0 Å². The lowest BCUT2D eigenvalue weighted by Crippen LogP contribution is -2.22. The molecule has 0 fully saturated rings. The van der Waals surface area contributed by atoms with E-state index in [1.165, 1.54) is 12.1 Å². The maximum Gasteiger partial charge on any atom is 0.124 e. The van der Waals surface area contributed by atoms with E-state index in [2.05, 4.69) is 0 Å². The Morgan fingerprint density at radius 1 is 1.47 bits per heavy atom. The monoisotopic (exact) mass is 241 g/mol. The van der Waals surface area contributed by atoms with Gasteiger partial charge in [0.25, 0.3) is 0 Å². The third kappa shape index (κ3) is 4.71. The van der Waals surface area contributed by atoms with Gasteiger partial charge in [-0.25, -0.2) is 4.39 Å². The maximum absolute atomic E-state index is 13.1. The first kappa shape index (κ1) is 13.9. The number of halogens is 1. The number of benzene rings is 1. The van der Waals surface area contributed by atoms with Crippen molar-refractivity contribution in [3.63, 3.8) is 0 Å². The van der Waals surface area contributed by atoms with E-state index in [0.717, 1.165) is 0 Å². The molecule has 0 aliphatic rings. The van der Waals surface area contributed by atoms with E-state index in [-0.39, 0.29) is 11.9 Å². The molecule has 0 saturated heterocycles. The summed E-state index contributed by atoms with van der Waals surface area (Å²) in [5.41, 5.74) is 5.62. The molecule has 0 aliphatic carbocycles. The van der Waals surface area contributed by atoms with Crippen LogP contribution in [0.4, 0.5) is 4.39 Å². The summed E-state index contributed by atoms with van der Waals surface area (Å²) in [6.07, 6.45) is 0.503. The lowest BCUT2D eigenvalue weighted by molar-refractivity contribution is 0.0551. The van der Waals surface area contributed by atoms with Crippen LogP contribution in [0.2, 0.25) is 0 Å². The number of ether oxygens (including phenoxy) is 1. The van der Waals surface area contributed by atoms with Gasteiger partial charge in [-0.2, -0.15) is 0 Å². The lowest BCUT2D eigenvalue weighted by Gasteiger charge is -2.19. The highest BCUT2D eigenvalue weighted by atomic mass is 19.1. The minimum atomic E-state index is -0.769. The minimum Gasteiger partial charge on any atom is -0.493 e. The van der Waals surface area contributed by atoms with Gasteiger partial charge in [0, 0.05) is 18.0 Å². The molecule has 17 heavy (non-hydrogen) atoms. The van der Waals surface area contributed by atoms with Crippen LogP contribution in [0.5, 0.6) is 5.75 Å². The van der Waals surface area contributed by atoms with Crippen molar-refractivity contribution in [3.8, 4) is 5.75 Å². The van der Waals surface area contributed by atoms with Crippen LogP contribution in [0.15, 0.2) is 18.2 Å². The summed E-state index contributed by atoms with van der Waals surface area (Å²) in [5.74, 6) is 0.248. The van der Waals surface area contributed by atoms with Gasteiger partial charge in [0.05, 0.1) is 12.2 Å². The predicted molar refractivity (Wildman–Crippen MR) is 65.4 cm³/mol. The molecule has 3 nitrogen and oxygen atoms in total. The standard InChI is InChI=1S/C13H20FNO2/c1-9(15)11-8-10(14)4-5-12(11)17-7-6-13(2,3)16/h4-5,8-9,16H,6-7,15H2,1-3H3/t9-/m0/s1. The van der Waals surface area contributed by atoms with Gasteiger partial charge in [-0.05, 0) is 39.0 Å². The van der Waals surface area contributed by atoms with Crippen LogP contribution >= 0.6 is 0 Å². The molecular formula is C13H20FNO2. The van der Waals surface area contributed by atoms with Crippen molar-refractivity contribution in [2.45, 2.75) is 38.8 Å². The third-order valence-electron chi connectivity index (χ3n) is 2.43. The topological polar surface area (TPSA) is 55.5 Å². The number of hydrogen-bond acceptors (Lipinski definition) is 3. The van der Waals surface area contributed by atoms with E-state index in [1.807, 2.05) is 0 Å². The van der Waals surface area contributed by atoms with Crippen LogP contribution in [0.1, 0.15) is 38.8 Å². The fourth-order valence-electron chi connectivity index (χ4n) is 1.42. The molecule has 0 heterocycles. The smallest absolute Gasteiger partial charge is 0.124 e. The Labute approximate surface area is 101 Å². The molecule has 0 bridgehead atoms. The molecule has 96 valence electrons. The zero-order valence-electron chi connectivity index (χ0n) is 10.5.